The summed E-state index contributed by atoms with van der Waals surface area (Å²) < 4.78 is 50.5. The van der Waals surface area contributed by atoms with Gasteiger partial charge in [0.2, 0.25) is 10.0 Å². The van der Waals surface area contributed by atoms with Gasteiger partial charge in [-0.2, -0.15) is 0 Å². The van der Waals surface area contributed by atoms with E-state index in [9.17, 15) is 17.2 Å². The maximum atomic E-state index is 14.0. The number of aromatic nitrogens is 1. The molecule has 0 radical (unpaired) electrons. The number of halogens is 2. The molecule has 1 aliphatic rings. The molecule has 1 heterocycles. The number of nitrogens with zero attached hydrogens (tertiary/aromatic N) is 1. The molecule has 1 aromatic carbocycles. The van der Waals surface area contributed by atoms with Gasteiger partial charge in [-0.3, -0.25) is 0 Å². The lowest BCUT2D eigenvalue weighted by atomic mass is 9.91. The number of thiazole rings is 1. The minimum absolute atomic E-state index is 0.175. The summed E-state index contributed by atoms with van der Waals surface area (Å²) in [7, 11) is -4.49. The van der Waals surface area contributed by atoms with Crippen LogP contribution in [0.25, 0.3) is 5.57 Å². The maximum Gasteiger partial charge on any atom is 0.243 e. The Bertz CT molecular complexity index is 1020. The summed E-state index contributed by atoms with van der Waals surface area (Å²) in [6.07, 6.45) is 5.11. The highest BCUT2D eigenvalue weighted by Crippen LogP contribution is 2.31. The summed E-state index contributed by atoms with van der Waals surface area (Å²) in [5.41, 5.74) is 1.47. The molecule has 4 nitrogen and oxygen atoms in total. The zero-order chi connectivity index (χ0) is 18.4. The van der Waals surface area contributed by atoms with Crippen molar-refractivity contribution in [3.8, 4) is 0 Å². The Hall–Kier alpha value is -1.81. The van der Waals surface area contributed by atoms with Crippen LogP contribution in [0.15, 0.2) is 40.6 Å². The first-order valence-corrected chi connectivity index (χ1v) is 9.88. The predicted molar refractivity (Wildman–Crippen MR) is 97.0 cm³/mol. The monoisotopic (exact) mass is 398 g/mol. The second-order valence-electron chi connectivity index (χ2n) is 5.44. The zero-order valence-electron chi connectivity index (χ0n) is 12.9. The molecule has 1 atom stereocenters. The van der Waals surface area contributed by atoms with E-state index in [4.69, 9.17) is 17.4 Å². The van der Waals surface area contributed by atoms with Gasteiger partial charge in [0.1, 0.15) is 11.6 Å². The fourth-order valence-electron chi connectivity index (χ4n) is 2.53. The SMILES string of the molecule is Cc1nc(C2C=CC(c3cc(F)c(S(N)(=O)=O)c(F)c3)=CC2=S)cs1. The Morgan fingerprint density at radius 2 is 1.92 bits per heavy atom. The van der Waals surface area contributed by atoms with Crippen molar-refractivity contribution < 1.29 is 17.2 Å². The molecule has 2 N–H and O–H groups in total. The molecule has 0 amide bonds. The molecule has 0 saturated carbocycles. The van der Waals surface area contributed by atoms with Crippen LogP contribution in [-0.2, 0) is 10.0 Å². The molecule has 0 spiro atoms. The van der Waals surface area contributed by atoms with Crippen molar-refractivity contribution in [1.29, 1.82) is 0 Å². The summed E-state index contributed by atoms with van der Waals surface area (Å²) in [6, 6.07) is 1.85. The van der Waals surface area contributed by atoms with Crippen LogP contribution in [0.1, 0.15) is 22.2 Å². The molecular weight excluding hydrogens is 386 g/mol. The fourth-order valence-corrected chi connectivity index (χ4v) is 4.17. The Morgan fingerprint density at radius 1 is 1.28 bits per heavy atom. The standard InChI is InChI=1S/C16H12F2N2O2S3/c1-8-20-14(7-24-8)11-3-2-9(6-15(11)23)10-4-12(17)16(13(18)5-10)25(19,21)22/h2-7,11H,1H3,(H2,19,21,22). The normalized spacial score (nSPS) is 17.7. The predicted octanol–water partition coefficient (Wildman–Crippen LogP) is 3.48. The summed E-state index contributed by atoms with van der Waals surface area (Å²) >= 11 is 6.89. The first-order valence-electron chi connectivity index (χ1n) is 7.05. The fraction of sp³-hybridized carbons (Fsp3) is 0.125. The lowest BCUT2D eigenvalue weighted by Gasteiger charge is -2.16. The average molecular weight is 398 g/mol. The van der Waals surface area contributed by atoms with Gasteiger partial charge in [0.05, 0.1) is 16.6 Å². The van der Waals surface area contributed by atoms with Crippen molar-refractivity contribution in [3.63, 3.8) is 0 Å². The Morgan fingerprint density at radius 3 is 2.40 bits per heavy atom. The molecule has 1 unspecified atom stereocenters. The smallest absolute Gasteiger partial charge is 0.243 e. The van der Waals surface area contributed by atoms with Gasteiger partial charge in [-0.15, -0.1) is 11.3 Å². The van der Waals surface area contributed by atoms with Gasteiger partial charge in [-0.1, -0.05) is 24.4 Å². The number of benzene rings is 1. The lowest BCUT2D eigenvalue weighted by molar-refractivity contribution is 0.519. The molecule has 3 rings (SSSR count). The molecule has 0 fully saturated rings. The van der Waals surface area contributed by atoms with Crippen LogP contribution in [0, 0.1) is 18.6 Å². The third-order valence-corrected chi connectivity index (χ3v) is 5.77. The van der Waals surface area contributed by atoms with Crippen LogP contribution in [0.2, 0.25) is 0 Å². The van der Waals surface area contributed by atoms with E-state index in [1.54, 1.807) is 18.2 Å². The van der Waals surface area contributed by atoms with E-state index in [1.807, 2.05) is 12.3 Å². The molecule has 1 aromatic heterocycles. The number of hydrogen-bond donors (Lipinski definition) is 1. The highest BCUT2D eigenvalue weighted by atomic mass is 32.2. The van der Waals surface area contributed by atoms with Crippen LogP contribution in [-0.4, -0.2) is 18.3 Å². The number of sulfonamides is 1. The number of aryl methyl sites for hydroxylation is 1. The largest absolute Gasteiger partial charge is 0.246 e. The molecule has 1 aliphatic carbocycles. The van der Waals surface area contributed by atoms with Crippen LogP contribution in [0.3, 0.4) is 0 Å². The van der Waals surface area contributed by atoms with E-state index >= 15 is 0 Å². The topological polar surface area (TPSA) is 73.0 Å². The Kier molecular flexibility index (Phi) is 4.67. The molecule has 130 valence electrons. The molecule has 25 heavy (non-hydrogen) atoms. The first kappa shape index (κ1) is 18.0. The molecule has 0 saturated heterocycles. The Balaban J connectivity index is 1.97. The van der Waals surface area contributed by atoms with Crippen molar-refractivity contribution >= 4 is 44.0 Å². The van der Waals surface area contributed by atoms with Gasteiger partial charge < -0.3 is 0 Å². The van der Waals surface area contributed by atoms with Crippen molar-refractivity contribution in [2.24, 2.45) is 5.14 Å². The summed E-state index contributed by atoms with van der Waals surface area (Å²) in [5.74, 6) is -2.66. The highest BCUT2D eigenvalue weighted by Gasteiger charge is 2.24. The second kappa shape index (κ2) is 6.49. The van der Waals surface area contributed by atoms with Crippen molar-refractivity contribution in [2.75, 3.05) is 0 Å². The van der Waals surface area contributed by atoms with Crippen molar-refractivity contribution in [1.82, 2.24) is 4.98 Å². The van der Waals surface area contributed by atoms with Crippen LogP contribution in [0.5, 0.6) is 0 Å². The Labute approximate surface area is 152 Å². The van der Waals surface area contributed by atoms with Gasteiger partial charge in [0.25, 0.3) is 0 Å². The van der Waals surface area contributed by atoms with Gasteiger partial charge in [0.15, 0.2) is 4.90 Å². The number of rotatable bonds is 3. The number of hydrogen-bond acceptors (Lipinski definition) is 5. The van der Waals surface area contributed by atoms with Crippen molar-refractivity contribution in [2.45, 2.75) is 17.7 Å². The highest BCUT2D eigenvalue weighted by molar-refractivity contribution is 7.89. The van der Waals surface area contributed by atoms with E-state index in [0.717, 1.165) is 22.8 Å². The van der Waals surface area contributed by atoms with Crippen LogP contribution >= 0.6 is 23.6 Å². The lowest BCUT2D eigenvalue weighted by Crippen LogP contribution is -2.16. The number of primary sulfonamides is 1. The minimum Gasteiger partial charge on any atom is -0.246 e. The van der Waals surface area contributed by atoms with Gasteiger partial charge in [-0.05, 0) is 36.3 Å². The minimum atomic E-state index is -4.49. The first-order chi connectivity index (χ1) is 11.7. The zero-order valence-corrected chi connectivity index (χ0v) is 15.3. The van der Waals surface area contributed by atoms with E-state index in [0.29, 0.717) is 10.4 Å². The van der Waals surface area contributed by atoms with E-state index in [-0.39, 0.29) is 11.5 Å². The van der Waals surface area contributed by atoms with E-state index in [2.05, 4.69) is 4.98 Å². The van der Waals surface area contributed by atoms with E-state index < -0.39 is 26.6 Å². The van der Waals surface area contributed by atoms with Gasteiger partial charge >= 0.3 is 0 Å². The number of allylic oxidation sites excluding steroid dienone is 4. The number of nitrogens with two attached hydrogens (primary N) is 1. The summed E-state index contributed by atoms with van der Waals surface area (Å²) in [6.45, 7) is 1.89. The van der Waals surface area contributed by atoms with Crippen LogP contribution in [0.4, 0.5) is 8.78 Å². The second-order valence-corrected chi connectivity index (χ2v) is 8.48. The molecule has 2 aromatic rings. The summed E-state index contributed by atoms with van der Waals surface area (Å²) in [4.78, 5) is 3.81. The van der Waals surface area contributed by atoms with Crippen LogP contribution < -0.4 is 5.14 Å². The average Bonchev–Trinajstić information content (AvgIpc) is 2.91. The van der Waals surface area contributed by atoms with Gasteiger partial charge in [-0.25, -0.2) is 27.3 Å². The molecule has 0 bridgehead atoms. The molecule has 9 heteroatoms. The third kappa shape index (κ3) is 3.59. The maximum absolute atomic E-state index is 14.0. The molecular formula is C16H12F2N2O2S3. The summed E-state index contributed by atoms with van der Waals surface area (Å²) in [5, 5.41) is 7.66. The third-order valence-electron chi connectivity index (χ3n) is 3.64. The van der Waals surface area contributed by atoms with E-state index in [1.165, 1.54) is 11.3 Å². The van der Waals surface area contributed by atoms with Crippen molar-refractivity contribution in [3.05, 3.63) is 63.6 Å². The van der Waals surface area contributed by atoms with Gasteiger partial charge in [0, 0.05) is 10.2 Å². The quantitative estimate of drug-likeness (QED) is 0.804. The molecule has 0 aliphatic heterocycles. The number of thiocarbonyl (C=S) groups is 1.